The monoisotopic (exact) mass is 231 g/mol. The fourth-order valence-corrected chi connectivity index (χ4v) is 3.05. The lowest BCUT2D eigenvalue weighted by molar-refractivity contribution is 0.452. The molecule has 2 aromatic rings. The standard InChI is InChI=1S/C12H13N3S/c1-8-11(10-6-14-7-10)16-12(15-8)9-2-4-13-5-3-9/h2-5,10,14H,6-7H2,1H3. The van der Waals surface area contributed by atoms with E-state index in [4.69, 9.17) is 0 Å². The van der Waals surface area contributed by atoms with Gasteiger partial charge in [-0.25, -0.2) is 4.98 Å². The molecule has 0 radical (unpaired) electrons. The van der Waals surface area contributed by atoms with Crippen molar-refractivity contribution < 1.29 is 0 Å². The zero-order valence-electron chi connectivity index (χ0n) is 9.10. The molecule has 3 nitrogen and oxygen atoms in total. The number of nitrogens with one attached hydrogen (secondary N) is 1. The molecule has 0 spiro atoms. The Morgan fingerprint density at radius 1 is 1.31 bits per heavy atom. The number of rotatable bonds is 2. The summed E-state index contributed by atoms with van der Waals surface area (Å²) < 4.78 is 0. The average molecular weight is 231 g/mol. The number of aryl methyl sites for hydroxylation is 1. The summed E-state index contributed by atoms with van der Waals surface area (Å²) in [5.74, 6) is 0.674. The van der Waals surface area contributed by atoms with Gasteiger partial charge in [-0.2, -0.15) is 0 Å². The van der Waals surface area contributed by atoms with Crippen molar-refractivity contribution in [2.75, 3.05) is 13.1 Å². The van der Waals surface area contributed by atoms with E-state index < -0.39 is 0 Å². The number of hydrogen-bond acceptors (Lipinski definition) is 4. The van der Waals surface area contributed by atoms with Gasteiger partial charge in [-0.15, -0.1) is 11.3 Å². The third-order valence-corrected chi connectivity index (χ3v) is 4.28. The Morgan fingerprint density at radius 3 is 2.69 bits per heavy atom. The largest absolute Gasteiger partial charge is 0.315 e. The highest BCUT2D eigenvalue weighted by Crippen LogP contribution is 2.33. The van der Waals surface area contributed by atoms with E-state index in [-0.39, 0.29) is 0 Å². The molecular formula is C12H13N3S. The van der Waals surface area contributed by atoms with Gasteiger partial charge in [0.25, 0.3) is 0 Å². The summed E-state index contributed by atoms with van der Waals surface area (Å²) in [6.07, 6.45) is 3.63. The lowest BCUT2D eigenvalue weighted by atomic mass is 10.0. The van der Waals surface area contributed by atoms with Gasteiger partial charge in [-0.05, 0) is 19.1 Å². The lowest BCUT2D eigenvalue weighted by Gasteiger charge is -2.26. The van der Waals surface area contributed by atoms with Gasteiger partial charge in [-0.1, -0.05) is 0 Å². The average Bonchev–Trinajstić information content (AvgIpc) is 2.60. The van der Waals surface area contributed by atoms with Gasteiger partial charge >= 0.3 is 0 Å². The molecule has 3 rings (SSSR count). The SMILES string of the molecule is Cc1nc(-c2ccncc2)sc1C1CNC1. The van der Waals surface area contributed by atoms with Crippen LogP contribution in [0.25, 0.3) is 10.6 Å². The number of hydrogen-bond donors (Lipinski definition) is 1. The second-order valence-electron chi connectivity index (χ2n) is 4.06. The quantitative estimate of drug-likeness (QED) is 0.861. The van der Waals surface area contributed by atoms with Gasteiger partial charge in [0.1, 0.15) is 5.01 Å². The predicted octanol–water partition coefficient (Wildman–Crippen LogP) is 2.20. The predicted molar refractivity (Wildman–Crippen MR) is 65.7 cm³/mol. The van der Waals surface area contributed by atoms with Crippen LogP contribution in [0.15, 0.2) is 24.5 Å². The molecule has 0 amide bonds. The van der Waals surface area contributed by atoms with E-state index in [1.807, 2.05) is 35.9 Å². The molecule has 1 aliphatic heterocycles. The van der Waals surface area contributed by atoms with Crippen LogP contribution in [0.1, 0.15) is 16.5 Å². The molecule has 2 aromatic heterocycles. The normalized spacial score (nSPS) is 16.1. The Labute approximate surface area is 98.6 Å². The first kappa shape index (κ1) is 9.93. The van der Waals surface area contributed by atoms with Crippen molar-refractivity contribution in [1.82, 2.24) is 15.3 Å². The number of pyridine rings is 1. The fourth-order valence-electron chi connectivity index (χ4n) is 1.88. The zero-order chi connectivity index (χ0) is 11.0. The van der Waals surface area contributed by atoms with E-state index in [9.17, 15) is 0 Å². The van der Waals surface area contributed by atoms with Crippen LogP contribution in [0.5, 0.6) is 0 Å². The third kappa shape index (κ3) is 1.64. The van der Waals surface area contributed by atoms with Gasteiger partial charge in [0.15, 0.2) is 0 Å². The third-order valence-electron chi connectivity index (χ3n) is 2.91. The molecule has 1 saturated heterocycles. The van der Waals surface area contributed by atoms with E-state index in [0.29, 0.717) is 5.92 Å². The fraction of sp³-hybridized carbons (Fsp3) is 0.333. The molecule has 3 heterocycles. The Kier molecular flexibility index (Phi) is 2.46. The highest BCUT2D eigenvalue weighted by molar-refractivity contribution is 7.15. The zero-order valence-corrected chi connectivity index (χ0v) is 9.92. The molecule has 82 valence electrons. The minimum absolute atomic E-state index is 0.674. The summed E-state index contributed by atoms with van der Waals surface area (Å²) in [5.41, 5.74) is 2.35. The molecule has 1 aliphatic rings. The van der Waals surface area contributed by atoms with Gasteiger partial charge in [-0.3, -0.25) is 4.98 Å². The van der Waals surface area contributed by atoms with Crippen molar-refractivity contribution >= 4 is 11.3 Å². The van der Waals surface area contributed by atoms with Crippen LogP contribution in [0.3, 0.4) is 0 Å². The first-order valence-electron chi connectivity index (χ1n) is 5.43. The van der Waals surface area contributed by atoms with Crippen LogP contribution in [-0.4, -0.2) is 23.1 Å². The summed E-state index contributed by atoms with van der Waals surface area (Å²) in [7, 11) is 0. The van der Waals surface area contributed by atoms with Crippen molar-refractivity contribution in [3.8, 4) is 10.6 Å². The molecule has 16 heavy (non-hydrogen) atoms. The smallest absolute Gasteiger partial charge is 0.123 e. The Balaban J connectivity index is 1.97. The molecule has 1 N–H and O–H groups in total. The Bertz CT molecular complexity index is 488. The summed E-state index contributed by atoms with van der Waals surface area (Å²) in [5, 5.41) is 4.42. The summed E-state index contributed by atoms with van der Waals surface area (Å²) in [6, 6.07) is 4.03. The van der Waals surface area contributed by atoms with Crippen molar-refractivity contribution in [3.05, 3.63) is 35.1 Å². The van der Waals surface area contributed by atoms with Crippen molar-refractivity contribution in [2.45, 2.75) is 12.8 Å². The number of nitrogens with zero attached hydrogens (tertiary/aromatic N) is 2. The first-order chi connectivity index (χ1) is 7.84. The molecule has 0 aromatic carbocycles. The van der Waals surface area contributed by atoms with Crippen LogP contribution >= 0.6 is 11.3 Å². The summed E-state index contributed by atoms with van der Waals surface area (Å²) in [4.78, 5) is 10.1. The lowest BCUT2D eigenvalue weighted by Crippen LogP contribution is -2.39. The van der Waals surface area contributed by atoms with Crippen molar-refractivity contribution in [2.24, 2.45) is 0 Å². The molecule has 0 unspecified atom stereocenters. The number of thiazole rings is 1. The first-order valence-corrected chi connectivity index (χ1v) is 6.24. The molecule has 0 aliphatic carbocycles. The maximum absolute atomic E-state index is 4.65. The van der Waals surface area contributed by atoms with E-state index in [0.717, 1.165) is 18.1 Å². The van der Waals surface area contributed by atoms with Crippen LogP contribution in [0, 0.1) is 6.92 Å². The maximum Gasteiger partial charge on any atom is 0.123 e. The number of aromatic nitrogens is 2. The van der Waals surface area contributed by atoms with Gasteiger partial charge in [0.2, 0.25) is 0 Å². The van der Waals surface area contributed by atoms with Crippen molar-refractivity contribution in [3.63, 3.8) is 0 Å². The van der Waals surface area contributed by atoms with Gasteiger partial charge in [0.05, 0.1) is 5.69 Å². The maximum atomic E-state index is 4.65. The van der Waals surface area contributed by atoms with Gasteiger partial charge < -0.3 is 5.32 Å². The minimum atomic E-state index is 0.674. The van der Waals surface area contributed by atoms with Crippen LogP contribution in [-0.2, 0) is 0 Å². The van der Waals surface area contributed by atoms with E-state index in [1.165, 1.54) is 16.1 Å². The highest BCUT2D eigenvalue weighted by atomic mass is 32.1. The molecule has 1 fully saturated rings. The van der Waals surface area contributed by atoms with E-state index in [1.54, 1.807) is 0 Å². The van der Waals surface area contributed by atoms with E-state index >= 15 is 0 Å². The summed E-state index contributed by atoms with van der Waals surface area (Å²) in [6.45, 7) is 4.30. The molecule has 4 heteroatoms. The Morgan fingerprint density at radius 2 is 2.06 bits per heavy atom. The Hall–Kier alpha value is -1.26. The van der Waals surface area contributed by atoms with Crippen LogP contribution < -0.4 is 5.32 Å². The van der Waals surface area contributed by atoms with E-state index in [2.05, 4.69) is 22.2 Å². The molecule has 0 atom stereocenters. The van der Waals surface area contributed by atoms with Crippen LogP contribution in [0.2, 0.25) is 0 Å². The minimum Gasteiger partial charge on any atom is -0.315 e. The highest BCUT2D eigenvalue weighted by Gasteiger charge is 2.23. The summed E-state index contributed by atoms with van der Waals surface area (Å²) >= 11 is 1.82. The molecule has 0 saturated carbocycles. The van der Waals surface area contributed by atoms with Crippen molar-refractivity contribution in [1.29, 1.82) is 0 Å². The molecular weight excluding hydrogens is 218 g/mol. The van der Waals surface area contributed by atoms with Crippen LogP contribution in [0.4, 0.5) is 0 Å². The second-order valence-corrected chi connectivity index (χ2v) is 5.09. The molecule has 0 bridgehead atoms. The van der Waals surface area contributed by atoms with Gasteiger partial charge in [0, 0.05) is 41.8 Å². The second kappa shape index (κ2) is 3.96. The topological polar surface area (TPSA) is 37.8 Å².